The van der Waals surface area contributed by atoms with E-state index in [4.69, 9.17) is 11.6 Å². The van der Waals surface area contributed by atoms with Gasteiger partial charge in [0, 0.05) is 23.4 Å². The first-order valence-corrected chi connectivity index (χ1v) is 8.51. The van der Waals surface area contributed by atoms with E-state index in [0.29, 0.717) is 23.0 Å². The van der Waals surface area contributed by atoms with E-state index < -0.39 is 9.84 Å². The minimum atomic E-state index is -3.27. The predicted octanol–water partition coefficient (Wildman–Crippen LogP) is 1.60. The summed E-state index contributed by atoms with van der Waals surface area (Å²) in [6.45, 7) is 1.19. The summed E-state index contributed by atoms with van der Waals surface area (Å²) in [5.41, 5.74) is 0.617. The van der Waals surface area contributed by atoms with Crippen molar-refractivity contribution in [1.29, 1.82) is 0 Å². The summed E-state index contributed by atoms with van der Waals surface area (Å²) in [7, 11) is -3.27. The standard InChI is InChI=1S/C13H18ClNO3S/c1-19(17,18)13-4-2-3-12(14)11(13)8-15-7-9-5-10(16)6-9/h2-4,9-10,15-16H,5-8H2,1H3. The number of hydrogen-bond donors (Lipinski definition) is 2. The molecule has 2 rings (SSSR count). The zero-order valence-corrected chi connectivity index (χ0v) is 12.3. The van der Waals surface area contributed by atoms with E-state index in [2.05, 4.69) is 5.32 Å². The van der Waals surface area contributed by atoms with Gasteiger partial charge in [-0.1, -0.05) is 17.7 Å². The lowest BCUT2D eigenvalue weighted by atomic mass is 9.82. The van der Waals surface area contributed by atoms with E-state index in [-0.39, 0.29) is 11.0 Å². The molecular formula is C13H18ClNO3S. The molecule has 106 valence electrons. The average Bonchev–Trinajstić information content (AvgIpc) is 2.27. The van der Waals surface area contributed by atoms with Gasteiger partial charge in [-0.25, -0.2) is 8.42 Å². The number of hydrogen-bond acceptors (Lipinski definition) is 4. The molecule has 19 heavy (non-hydrogen) atoms. The molecule has 0 heterocycles. The van der Waals surface area contributed by atoms with Crippen molar-refractivity contribution in [2.45, 2.75) is 30.4 Å². The normalized spacial score (nSPS) is 23.1. The third-order valence-corrected chi connectivity index (χ3v) is 4.96. The zero-order valence-electron chi connectivity index (χ0n) is 10.8. The van der Waals surface area contributed by atoms with Crippen molar-refractivity contribution in [3.63, 3.8) is 0 Å². The lowest BCUT2D eigenvalue weighted by Gasteiger charge is -2.31. The Morgan fingerprint density at radius 3 is 2.68 bits per heavy atom. The van der Waals surface area contributed by atoms with Crippen LogP contribution in [0.1, 0.15) is 18.4 Å². The second-order valence-electron chi connectivity index (χ2n) is 5.11. The van der Waals surface area contributed by atoms with Crippen LogP contribution in [0.3, 0.4) is 0 Å². The fourth-order valence-corrected chi connectivity index (χ4v) is 3.58. The highest BCUT2D eigenvalue weighted by atomic mass is 35.5. The highest BCUT2D eigenvalue weighted by Gasteiger charge is 2.26. The van der Waals surface area contributed by atoms with Crippen molar-refractivity contribution in [1.82, 2.24) is 5.32 Å². The Morgan fingerprint density at radius 2 is 2.11 bits per heavy atom. The molecule has 1 aromatic carbocycles. The van der Waals surface area contributed by atoms with Gasteiger partial charge in [-0.3, -0.25) is 0 Å². The fourth-order valence-electron chi connectivity index (χ4n) is 2.33. The molecule has 4 nitrogen and oxygen atoms in total. The molecule has 1 fully saturated rings. The first-order chi connectivity index (χ1) is 8.88. The molecule has 0 unspecified atom stereocenters. The molecule has 6 heteroatoms. The molecule has 0 spiro atoms. The van der Waals surface area contributed by atoms with Crippen molar-refractivity contribution < 1.29 is 13.5 Å². The number of nitrogens with one attached hydrogen (secondary N) is 1. The topological polar surface area (TPSA) is 66.4 Å². The summed E-state index contributed by atoms with van der Waals surface area (Å²) < 4.78 is 23.4. The molecule has 0 saturated heterocycles. The van der Waals surface area contributed by atoms with Gasteiger partial charge in [0.15, 0.2) is 9.84 Å². The summed E-state index contributed by atoms with van der Waals surface area (Å²) >= 11 is 6.08. The lowest BCUT2D eigenvalue weighted by Crippen LogP contribution is -2.36. The fraction of sp³-hybridized carbons (Fsp3) is 0.538. The first-order valence-electron chi connectivity index (χ1n) is 6.24. The van der Waals surface area contributed by atoms with Crippen LogP contribution in [0, 0.1) is 5.92 Å². The quantitative estimate of drug-likeness (QED) is 0.867. The number of aliphatic hydroxyl groups excluding tert-OH is 1. The maximum absolute atomic E-state index is 11.7. The lowest BCUT2D eigenvalue weighted by molar-refractivity contribution is 0.0429. The molecule has 0 radical (unpaired) electrons. The molecule has 1 aliphatic carbocycles. The first kappa shape index (κ1) is 14.8. The summed E-state index contributed by atoms with van der Waals surface area (Å²) in [5, 5.41) is 12.9. The third kappa shape index (κ3) is 3.69. The molecular weight excluding hydrogens is 286 g/mol. The molecule has 0 aliphatic heterocycles. The van der Waals surface area contributed by atoms with Gasteiger partial charge in [0.1, 0.15) is 0 Å². The minimum Gasteiger partial charge on any atom is -0.393 e. The Kier molecular flexibility index (Phi) is 4.50. The van der Waals surface area contributed by atoms with Crippen LogP contribution < -0.4 is 5.32 Å². The summed E-state index contributed by atoms with van der Waals surface area (Å²) in [5.74, 6) is 0.471. The van der Waals surface area contributed by atoms with E-state index in [9.17, 15) is 13.5 Å². The number of rotatable bonds is 5. The van der Waals surface area contributed by atoms with Crippen molar-refractivity contribution in [3.05, 3.63) is 28.8 Å². The number of sulfone groups is 1. The smallest absolute Gasteiger partial charge is 0.175 e. The van der Waals surface area contributed by atoms with E-state index in [1.807, 2.05) is 0 Å². The molecule has 0 atom stereocenters. The van der Waals surface area contributed by atoms with Gasteiger partial charge in [-0.2, -0.15) is 0 Å². The van der Waals surface area contributed by atoms with Crippen LogP contribution >= 0.6 is 11.6 Å². The van der Waals surface area contributed by atoms with E-state index in [1.165, 1.54) is 6.26 Å². The average molecular weight is 304 g/mol. The molecule has 1 aliphatic rings. The monoisotopic (exact) mass is 303 g/mol. The van der Waals surface area contributed by atoms with Gasteiger partial charge in [0.25, 0.3) is 0 Å². The van der Waals surface area contributed by atoms with Crippen LogP contribution in [-0.2, 0) is 16.4 Å². The van der Waals surface area contributed by atoms with Gasteiger partial charge < -0.3 is 10.4 Å². The second-order valence-corrected chi connectivity index (χ2v) is 7.50. The third-order valence-electron chi connectivity index (χ3n) is 3.42. The number of halogens is 1. The Hall–Kier alpha value is -0.620. The SMILES string of the molecule is CS(=O)(=O)c1cccc(Cl)c1CNCC1CC(O)C1. The van der Waals surface area contributed by atoms with Gasteiger partial charge in [0.2, 0.25) is 0 Å². The molecule has 1 aromatic rings. The molecule has 0 bridgehead atoms. The van der Waals surface area contributed by atoms with Crippen LogP contribution in [0.4, 0.5) is 0 Å². The predicted molar refractivity (Wildman–Crippen MR) is 75.0 cm³/mol. The number of aliphatic hydroxyl groups is 1. The van der Waals surface area contributed by atoms with Crippen LogP contribution in [0.15, 0.2) is 23.1 Å². The van der Waals surface area contributed by atoms with Gasteiger partial charge in [0.05, 0.1) is 11.0 Å². The van der Waals surface area contributed by atoms with E-state index in [1.54, 1.807) is 18.2 Å². The Morgan fingerprint density at radius 1 is 1.42 bits per heavy atom. The second kappa shape index (κ2) is 5.79. The molecule has 0 amide bonds. The van der Waals surface area contributed by atoms with Crippen molar-refractivity contribution in [2.75, 3.05) is 12.8 Å². The Bertz CT molecular complexity index is 553. The summed E-state index contributed by atoms with van der Waals surface area (Å²) in [4.78, 5) is 0.279. The number of benzene rings is 1. The van der Waals surface area contributed by atoms with Crippen LogP contribution in [0.2, 0.25) is 5.02 Å². The molecule has 1 saturated carbocycles. The van der Waals surface area contributed by atoms with Gasteiger partial charge in [-0.15, -0.1) is 0 Å². The molecule has 2 N–H and O–H groups in total. The minimum absolute atomic E-state index is 0.168. The Balaban J connectivity index is 2.03. The molecule has 0 aromatic heterocycles. The highest BCUT2D eigenvalue weighted by Crippen LogP contribution is 2.27. The van der Waals surface area contributed by atoms with Crippen LogP contribution in [0.5, 0.6) is 0 Å². The zero-order chi connectivity index (χ0) is 14.0. The maximum Gasteiger partial charge on any atom is 0.175 e. The summed E-state index contributed by atoms with van der Waals surface area (Å²) in [6.07, 6.45) is 2.64. The van der Waals surface area contributed by atoms with Crippen molar-refractivity contribution in [3.8, 4) is 0 Å². The van der Waals surface area contributed by atoms with Gasteiger partial charge in [-0.05, 0) is 37.4 Å². The van der Waals surface area contributed by atoms with E-state index >= 15 is 0 Å². The summed E-state index contributed by atoms with van der Waals surface area (Å²) in [6, 6.07) is 4.91. The maximum atomic E-state index is 11.7. The highest BCUT2D eigenvalue weighted by molar-refractivity contribution is 7.90. The van der Waals surface area contributed by atoms with Crippen molar-refractivity contribution >= 4 is 21.4 Å². The largest absolute Gasteiger partial charge is 0.393 e. The van der Waals surface area contributed by atoms with Gasteiger partial charge >= 0.3 is 0 Å². The Labute approximate surface area is 118 Å². The van der Waals surface area contributed by atoms with E-state index in [0.717, 1.165) is 19.4 Å². The van der Waals surface area contributed by atoms with Crippen LogP contribution in [0.25, 0.3) is 0 Å². The van der Waals surface area contributed by atoms with Crippen LogP contribution in [-0.4, -0.2) is 32.4 Å². The van der Waals surface area contributed by atoms with Crippen molar-refractivity contribution in [2.24, 2.45) is 5.92 Å².